The molecule has 1 aliphatic heterocycles. The minimum atomic E-state index is -0.00486. The minimum Gasteiger partial charge on any atom is -0.392 e. The van der Waals surface area contributed by atoms with Crippen LogP contribution in [-0.2, 0) is 11.4 Å². The Bertz CT molecular complexity index is 434. The van der Waals surface area contributed by atoms with Gasteiger partial charge in [-0.2, -0.15) is 0 Å². The van der Waals surface area contributed by atoms with E-state index in [1.54, 1.807) is 0 Å². The van der Waals surface area contributed by atoms with Crippen LogP contribution in [0.2, 0.25) is 0 Å². The number of anilines is 1. The summed E-state index contributed by atoms with van der Waals surface area (Å²) in [6.07, 6.45) is 3.10. The second-order valence-electron chi connectivity index (χ2n) is 5.04. The van der Waals surface area contributed by atoms with E-state index in [1.165, 1.54) is 0 Å². The monoisotopic (exact) mass is 262 g/mol. The molecule has 19 heavy (non-hydrogen) atoms. The van der Waals surface area contributed by atoms with Crippen LogP contribution in [0.1, 0.15) is 31.7 Å². The topological polar surface area (TPSA) is 52.6 Å². The van der Waals surface area contributed by atoms with Crippen LogP contribution in [0, 0.1) is 0 Å². The second-order valence-corrected chi connectivity index (χ2v) is 5.04. The average molecular weight is 262 g/mol. The largest absolute Gasteiger partial charge is 0.392 e. The van der Waals surface area contributed by atoms with Gasteiger partial charge in [-0.1, -0.05) is 19.1 Å². The van der Waals surface area contributed by atoms with Gasteiger partial charge in [0.05, 0.1) is 12.6 Å². The van der Waals surface area contributed by atoms with E-state index in [0.717, 1.165) is 43.6 Å². The molecule has 0 saturated carbocycles. The van der Waals surface area contributed by atoms with Crippen LogP contribution in [-0.4, -0.2) is 35.0 Å². The Kier molecular flexibility index (Phi) is 4.93. The molecule has 0 bridgehead atoms. The van der Waals surface area contributed by atoms with Crippen molar-refractivity contribution < 1.29 is 9.90 Å². The van der Waals surface area contributed by atoms with Crippen molar-refractivity contribution in [2.24, 2.45) is 0 Å². The maximum atomic E-state index is 12.3. The summed E-state index contributed by atoms with van der Waals surface area (Å²) in [4.78, 5) is 14.5. The van der Waals surface area contributed by atoms with Crippen LogP contribution in [0.4, 0.5) is 5.69 Å². The molecule has 2 N–H and O–H groups in total. The predicted molar refractivity (Wildman–Crippen MR) is 75.9 cm³/mol. The molecule has 104 valence electrons. The van der Waals surface area contributed by atoms with E-state index in [9.17, 15) is 4.79 Å². The summed E-state index contributed by atoms with van der Waals surface area (Å²) >= 11 is 0. The number of nitrogens with one attached hydrogen (secondary N) is 1. The molecule has 1 fully saturated rings. The fourth-order valence-electron chi connectivity index (χ4n) is 2.65. The zero-order chi connectivity index (χ0) is 13.7. The smallest absolute Gasteiger partial charge is 0.241 e. The highest BCUT2D eigenvalue weighted by Gasteiger charge is 2.29. The average Bonchev–Trinajstić information content (AvgIpc) is 2.88. The van der Waals surface area contributed by atoms with Crippen LogP contribution in [0.3, 0.4) is 0 Å². The van der Waals surface area contributed by atoms with Crippen molar-refractivity contribution in [3.63, 3.8) is 0 Å². The van der Waals surface area contributed by atoms with Gasteiger partial charge in [-0.3, -0.25) is 9.69 Å². The lowest BCUT2D eigenvalue weighted by atomic mass is 10.1. The summed E-state index contributed by atoms with van der Waals surface area (Å²) in [6.45, 7) is 4.13. The Hall–Kier alpha value is -1.39. The van der Waals surface area contributed by atoms with Crippen molar-refractivity contribution in [3.05, 3.63) is 29.8 Å². The molecular weight excluding hydrogens is 240 g/mol. The van der Waals surface area contributed by atoms with E-state index >= 15 is 0 Å². The van der Waals surface area contributed by atoms with E-state index < -0.39 is 0 Å². The van der Waals surface area contributed by atoms with Crippen molar-refractivity contribution in [1.29, 1.82) is 0 Å². The molecule has 1 saturated heterocycles. The number of rotatable bonds is 5. The SMILES string of the molecule is CCCN1CCCC1C(=O)Nc1cccc(CO)c1. The standard InChI is InChI=1S/C15H22N2O2/c1-2-8-17-9-4-7-14(17)15(19)16-13-6-3-5-12(10-13)11-18/h3,5-6,10,14,18H,2,4,7-9,11H2,1H3,(H,16,19). The molecule has 1 aromatic carbocycles. The summed E-state index contributed by atoms with van der Waals surface area (Å²) in [5.41, 5.74) is 1.58. The lowest BCUT2D eigenvalue weighted by Gasteiger charge is -2.23. The Morgan fingerprint density at radius 3 is 3.11 bits per heavy atom. The number of benzene rings is 1. The Morgan fingerprint density at radius 2 is 2.37 bits per heavy atom. The molecule has 0 aromatic heterocycles. The van der Waals surface area contributed by atoms with Crippen LogP contribution in [0.5, 0.6) is 0 Å². The van der Waals surface area contributed by atoms with Gasteiger partial charge in [0.25, 0.3) is 0 Å². The number of hydrogen-bond acceptors (Lipinski definition) is 3. The number of carbonyl (C=O) groups excluding carboxylic acids is 1. The molecule has 1 amide bonds. The first-order chi connectivity index (χ1) is 9.24. The van der Waals surface area contributed by atoms with Crippen LogP contribution in [0.25, 0.3) is 0 Å². The fraction of sp³-hybridized carbons (Fsp3) is 0.533. The van der Waals surface area contributed by atoms with Gasteiger partial charge in [-0.25, -0.2) is 0 Å². The van der Waals surface area contributed by atoms with Crippen molar-refractivity contribution in [2.75, 3.05) is 18.4 Å². The first kappa shape index (κ1) is 14.0. The quantitative estimate of drug-likeness (QED) is 0.853. The molecule has 0 radical (unpaired) electrons. The lowest BCUT2D eigenvalue weighted by molar-refractivity contribution is -0.120. The van der Waals surface area contributed by atoms with Gasteiger partial charge in [-0.15, -0.1) is 0 Å². The first-order valence-electron chi connectivity index (χ1n) is 6.99. The first-order valence-corrected chi connectivity index (χ1v) is 6.99. The maximum Gasteiger partial charge on any atom is 0.241 e. The van der Waals surface area contributed by atoms with Crippen LogP contribution in [0.15, 0.2) is 24.3 Å². The summed E-state index contributed by atoms with van der Waals surface area (Å²) in [6, 6.07) is 7.36. The molecule has 4 heteroatoms. The van der Waals surface area contributed by atoms with E-state index in [0.29, 0.717) is 0 Å². The number of aliphatic hydroxyl groups is 1. The normalized spacial score (nSPS) is 19.6. The van der Waals surface area contributed by atoms with Gasteiger partial charge >= 0.3 is 0 Å². The molecule has 1 unspecified atom stereocenters. The number of amides is 1. The highest BCUT2D eigenvalue weighted by atomic mass is 16.3. The van der Waals surface area contributed by atoms with Crippen molar-refractivity contribution >= 4 is 11.6 Å². The molecule has 1 heterocycles. The third kappa shape index (κ3) is 3.55. The highest BCUT2D eigenvalue weighted by Crippen LogP contribution is 2.19. The van der Waals surface area contributed by atoms with Crippen LogP contribution < -0.4 is 5.32 Å². The number of carbonyl (C=O) groups is 1. The van der Waals surface area contributed by atoms with Crippen molar-refractivity contribution in [2.45, 2.75) is 38.8 Å². The Morgan fingerprint density at radius 1 is 1.53 bits per heavy atom. The van der Waals surface area contributed by atoms with Crippen LogP contribution >= 0.6 is 0 Å². The van der Waals surface area contributed by atoms with Gasteiger partial charge in [0.15, 0.2) is 0 Å². The highest BCUT2D eigenvalue weighted by molar-refractivity contribution is 5.95. The zero-order valence-corrected chi connectivity index (χ0v) is 11.4. The molecule has 4 nitrogen and oxygen atoms in total. The van der Waals surface area contributed by atoms with Gasteiger partial charge in [-0.05, 0) is 50.0 Å². The summed E-state index contributed by atoms with van der Waals surface area (Å²) in [5, 5.41) is 12.1. The Labute approximate surface area is 114 Å². The van der Waals surface area contributed by atoms with Crippen molar-refractivity contribution in [1.82, 2.24) is 4.90 Å². The fourth-order valence-corrected chi connectivity index (χ4v) is 2.65. The zero-order valence-electron chi connectivity index (χ0n) is 11.4. The van der Waals surface area contributed by atoms with Gasteiger partial charge < -0.3 is 10.4 Å². The molecule has 0 spiro atoms. The van der Waals surface area contributed by atoms with Gasteiger partial charge in [0.2, 0.25) is 5.91 Å². The van der Waals surface area contributed by atoms with E-state index in [2.05, 4.69) is 17.1 Å². The van der Waals surface area contributed by atoms with E-state index in [-0.39, 0.29) is 18.6 Å². The lowest BCUT2D eigenvalue weighted by Crippen LogP contribution is -2.39. The summed E-state index contributed by atoms with van der Waals surface area (Å²) < 4.78 is 0. The molecular formula is C15H22N2O2. The summed E-state index contributed by atoms with van der Waals surface area (Å²) in [7, 11) is 0. The third-order valence-electron chi connectivity index (χ3n) is 3.55. The molecule has 1 atom stereocenters. The number of nitrogens with zero attached hydrogens (tertiary/aromatic N) is 1. The molecule has 2 rings (SSSR count). The second kappa shape index (κ2) is 6.68. The van der Waals surface area contributed by atoms with Gasteiger partial charge in [0.1, 0.15) is 0 Å². The van der Waals surface area contributed by atoms with E-state index in [4.69, 9.17) is 5.11 Å². The predicted octanol–water partition coefficient (Wildman–Crippen LogP) is 1.99. The summed E-state index contributed by atoms with van der Waals surface area (Å²) in [5.74, 6) is 0.0704. The van der Waals surface area contributed by atoms with E-state index in [1.807, 2.05) is 24.3 Å². The third-order valence-corrected chi connectivity index (χ3v) is 3.55. The molecule has 0 aliphatic carbocycles. The number of hydrogen-bond donors (Lipinski definition) is 2. The number of aliphatic hydroxyl groups excluding tert-OH is 1. The molecule has 1 aliphatic rings. The maximum absolute atomic E-state index is 12.3. The molecule has 1 aromatic rings. The minimum absolute atomic E-state index is 0.00210. The number of likely N-dealkylation sites (tertiary alicyclic amines) is 1. The Balaban J connectivity index is 1.99. The van der Waals surface area contributed by atoms with Gasteiger partial charge in [0, 0.05) is 5.69 Å². The van der Waals surface area contributed by atoms with Crippen molar-refractivity contribution in [3.8, 4) is 0 Å².